The third-order valence-corrected chi connectivity index (χ3v) is 4.09. The molecule has 2 aliphatic rings. The topological polar surface area (TPSA) is 55.6 Å². The van der Waals surface area contributed by atoms with Gasteiger partial charge in [0.1, 0.15) is 6.10 Å². The smallest absolute Gasteiger partial charge is 0.256 e. The van der Waals surface area contributed by atoms with Crippen molar-refractivity contribution >= 4 is 24.0 Å². The van der Waals surface area contributed by atoms with Gasteiger partial charge in [0.05, 0.1) is 6.10 Å². The maximum Gasteiger partial charge on any atom is 0.256 e. The molecule has 0 aromatic heterocycles. The van der Waals surface area contributed by atoms with E-state index in [0.29, 0.717) is 6.54 Å². The van der Waals surface area contributed by atoms with E-state index in [2.05, 4.69) is 13.0 Å². The normalized spacial score (nSPS) is 28.1. The Morgan fingerprint density at radius 1 is 1.40 bits per heavy atom. The second kappa shape index (κ2) is 6.12. The second-order valence-electron chi connectivity index (χ2n) is 5.45. The Balaban J connectivity index is 0.00000147. The molecule has 2 N–H and O–H groups in total. The zero-order chi connectivity index (χ0) is 13.4. The van der Waals surface area contributed by atoms with E-state index in [1.807, 2.05) is 23.1 Å². The Morgan fingerprint density at radius 3 is 2.85 bits per heavy atom. The summed E-state index contributed by atoms with van der Waals surface area (Å²) in [4.78, 5) is 14.5. The molecule has 0 saturated carbocycles. The van der Waals surface area contributed by atoms with Crippen molar-refractivity contribution < 1.29 is 9.53 Å². The molecule has 1 aromatic carbocycles. The molecule has 0 radical (unpaired) electrons. The standard InChI is InChI=1S/C15H20N2O2.ClH/c1-10-8-11-4-2-3-5-13(11)17(10)15(18)14-7-6-12(9-16)19-14;/h2-5,10,12,14H,6-9,16H2,1H3;1H/t10?,12-,14+;/m1./s1. The number of para-hydroxylation sites is 1. The first-order chi connectivity index (χ1) is 9.20. The van der Waals surface area contributed by atoms with Crippen LogP contribution in [0.2, 0.25) is 0 Å². The summed E-state index contributed by atoms with van der Waals surface area (Å²) in [6.45, 7) is 2.59. The van der Waals surface area contributed by atoms with Crippen molar-refractivity contribution in [2.24, 2.45) is 5.73 Å². The van der Waals surface area contributed by atoms with Crippen LogP contribution in [0.5, 0.6) is 0 Å². The minimum atomic E-state index is -0.317. The predicted octanol–water partition coefficient (Wildman–Crippen LogP) is 1.89. The minimum absolute atomic E-state index is 0. The van der Waals surface area contributed by atoms with Crippen LogP contribution >= 0.6 is 12.4 Å². The van der Waals surface area contributed by atoms with Crippen LogP contribution in [0.15, 0.2) is 24.3 Å². The lowest BCUT2D eigenvalue weighted by Gasteiger charge is -2.25. The van der Waals surface area contributed by atoms with Crippen LogP contribution in [-0.2, 0) is 16.0 Å². The van der Waals surface area contributed by atoms with E-state index < -0.39 is 0 Å². The van der Waals surface area contributed by atoms with E-state index in [0.717, 1.165) is 24.9 Å². The molecular weight excluding hydrogens is 276 g/mol. The molecule has 2 heterocycles. The molecular formula is C15H21ClN2O2. The molecule has 1 fully saturated rings. The van der Waals surface area contributed by atoms with Gasteiger partial charge in [-0.25, -0.2) is 0 Å². The van der Waals surface area contributed by atoms with Gasteiger partial charge in [0.25, 0.3) is 5.91 Å². The number of anilines is 1. The molecule has 1 amide bonds. The first-order valence-electron chi connectivity index (χ1n) is 6.97. The highest BCUT2D eigenvalue weighted by atomic mass is 35.5. The van der Waals surface area contributed by atoms with Crippen molar-refractivity contribution in [3.05, 3.63) is 29.8 Å². The van der Waals surface area contributed by atoms with Gasteiger partial charge in [0.2, 0.25) is 0 Å². The SMILES string of the molecule is CC1Cc2ccccc2N1C(=O)[C@@H]1CC[C@H](CN)O1.Cl. The van der Waals surface area contributed by atoms with Crippen LogP contribution in [0, 0.1) is 0 Å². The zero-order valence-electron chi connectivity index (χ0n) is 11.6. The summed E-state index contributed by atoms with van der Waals surface area (Å²) in [5.41, 5.74) is 7.89. The number of nitrogens with two attached hydrogens (primary N) is 1. The fourth-order valence-corrected chi connectivity index (χ4v) is 3.12. The number of amides is 1. The summed E-state index contributed by atoms with van der Waals surface area (Å²) in [7, 11) is 0. The van der Waals surface area contributed by atoms with Gasteiger partial charge in [0, 0.05) is 18.3 Å². The summed E-state index contributed by atoms with van der Waals surface area (Å²) in [5, 5.41) is 0. The van der Waals surface area contributed by atoms with Gasteiger partial charge >= 0.3 is 0 Å². The van der Waals surface area contributed by atoms with Gasteiger partial charge in [0.15, 0.2) is 0 Å². The highest BCUT2D eigenvalue weighted by Gasteiger charge is 2.38. The molecule has 3 rings (SSSR count). The molecule has 1 unspecified atom stereocenters. The Kier molecular flexibility index (Phi) is 4.68. The number of hydrogen-bond acceptors (Lipinski definition) is 3. The molecule has 0 spiro atoms. The molecule has 1 aromatic rings. The molecule has 4 nitrogen and oxygen atoms in total. The number of hydrogen-bond donors (Lipinski definition) is 1. The van der Waals surface area contributed by atoms with Gasteiger partial charge in [-0.2, -0.15) is 0 Å². The molecule has 2 aliphatic heterocycles. The predicted molar refractivity (Wildman–Crippen MR) is 81.3 cm³/mol. The van der Waals surface area contributed by atoms with E-state index in [4.69, 9.17) is 10.5 Å². The van der Waals surface area contributed by atoms with E-state index in [1.54, 1.807) is 0 Å². The van der Waals surface area contributed by atoms with Crippen molar-refractivity contribution in [3.63, 3.8) is 0 Å². The average molecular weight is 297 g/mol. The van der Waals surface area contributed by atoms with Crippen LogP contribution in [0.4, 0.5) is 5.69 Å². The zero-order valence-corrected chi connectivity index (χ0v) is 12.4. The maximum absolute atomic E-state index is 12.6. The quantitative estimate of drug-likeness (QED) is 0.907. The molecule has 1 saturated heterocycles. The highest BCUT2D eigenvalue weighted by Crippen LogP contribution is 2.34. The van der Waals surface area contributed by atoms with E-state index in [1.165, 1.54) is 5.56 Å². The number of benzene rings is 1. The number of carbonyl (C=O) groups excluding carboxylic acids is 1. The van der Waals surface area contributed by atoms with E-state index in [-0.39, 0.29) is 36.6 Å². The summed E-state index contributed by atoms with van der Waals surface area (Å²) in [5.74, 6) is 0.0911. The van der Waals surface area contributed by atoms with Crippen molar-refractivity contribution in [3.8, 4) is 0 Å². The van der Waals surface area contributed by atoms with Gasteiger partial charge < -0.3 is 15.4 Å². The Morgan fingerprint density at radius 2 is 2.15 bits per heavy atom. The largest absolute Gasteiger partial charge is 0.364 e. The highest BCUT2D eigenvalue weighted by molar-refractivity contribution is 5.99. The summed E-state index contributed by atoms with van der Waals surface area (Å²) >= 11 is 0. The van der Waals surface area contributed by atoms with Crippen LogP contribution in [0.25, 0.3) is 0 Å². The Hall–Kier alpha value is -1.10. The lowest BCUT2D eigenvalue weighted by atomic mass is 10.1. The van der Waals surface area contributed by atoms with Crippen molar-refractivity contribution in [2.75, 3.05) is 11.4 Å². The van der Waals surface area contributed by atoms with Crippen molar-refractivity contribution in [2.45, 2.75) is 44.4 Å². The molecule has 20 heavy (non-hydrogen) atoms. The summed E-state index contributed by atoms with van der Waals surface area (Å²) < 4.78 is 5.73. The number of halogens is 1. The summed E-state index contributed by atoms with van der Waals surface area (Å²) in [6.07, 6.45) is 2.32. The first kappa shape index (κ1) is 15.3. The fraction of sp³-hybridized carbons (Fsp3) is 0.533. The Bertz CT molecular complexity index is 495. The lowest BCUT2D eigenvalue weighted by molar-refractivity contribution is -0.129. The number of rotatable bonds is 2. The molecule has 110 valence electrons. The van der Waals surface area contributed by atoms with E-state index >= 15 is 0 Å². The van der Waals surface area contributed by atoms with Crippen LogP contribution in [0.1, 0.15) is 25.3 Å². The molecule has 5 heteroatoms. The number of ether oxygens (including phenoxy) is 1. The third kappa shape index (κ3) is 2.55. The lowest BCUT2D eigenvalue weighted by Crippen LogP contribution is -2.43. The first-order valence-corrected chi connectivity index (χ1v) is 6.97. The van der Waals surface area contributed by atoms with Crippen molar-refractivity contribution in [1.82, 2.24) is 0 Å². The van der Waals surface area contributed by atoms with Crippen LogP contribution < -0.4 is 10.6 Å². The third-order valence-electron chi connectivity index (χ3n) is 4.09. The fourth-order valence-electron chi connectivity index (χ4n) is 3.12. The van der Waals surface area contributed by atoms with Crippen molar-refractivity contribution in [1.29, 1.82) is 0 Å². The molecule has 0 bridgehead atoms. The number of nitrogens with zero attached hydrogens (tertiary/aromatic N) is 1. The van der Waals surface area contributed by atoms with E-state index in [9.17, 15) is 4.79 Å². The Labute approximate surface area is 125 Å². The van der Waals surface area contributed by atoms with Gasteiger partial charge in [-0.3, -0.25) is 4.79 Å². The van der Waals surface area contributed by atoms with Gasteiger partial charge in [-0.05, 0) is 37.8 Å². The molecule has 3 atom stereocenters. The number of fused-ring (bicyclic) bond motifs is 1. The van der Waals surface area contributed by atoms with Gasteiger partial charge in [-0.15, -0.1) is 12.4 Å². The van der Waals surface area contributed by atoms with Crippen LogP contribution in [0.3, 0.4) is 0 Å². The second-order valence-corrected chi connectivity index (χ2v) is 5.45. The van der Waals surface area contributed by atoms with Crippen LogP contribution in [-0.4, -0.2) is 30.7 Å². The monoisotopic (exact) mass is 296 g/mol. The summed E-state index contributed by atoms with van der Waals surface area (Å²) in [6, 6.07) is 8.33. The molecule has 0 aliphatic carbocycles. The average Bonchev–Trinajstić information content (AvgIpc) is 3.01. The number of carbonyl (C=O) groups is 1. The van der Waals surface area contributed by atoms with Gasteiger partial charge in [-0.1, -0.05) is 18.2 Å². The maximum atomic E-state index is 12.6. The minimum Gasteiger partial charge on any atom is -0.364 e.